The summed E-state index contributed by atoms with van der Waals surface area (Å²) in [4.78, 5) is 11.8. The fourth-order valence-electron chi connectivity index (χ4n) is 10.7. The largest absolute Gasteiger partial charge is 0.462 e. The maximum absolute atomic E-state index is 11.8. The van der Waals surface area contributed by atoms with Gasteiger partial charge in [-0.15, -0.1) is 0 Å². The summed E-state index contributed by atoms with van der Waals surface area (Å²) in [5.74, 6) is 4.86. The third-order valence-corrected chi connectivity index (χ3v) is 12.7. The Hall–Kier alpha value is -0.830. The van der Waals surface area contributed by atoms with Crippen LogP contribution in [0.15, 0.2) is 11.6 Å². The lowest BCUT2D eigenvalue weighted by molar-refractivity contribution is -0.149. The van der Waals surface area contributed by atoms with Gasteiger partial charge in [0.05, 0.1) is 0 Å². The van der Waals surface area contributed by atoms with Crippen LogP contribution in [0.1, 0.15) is 138 Å². The Labute approximate surface area is 234 Å². The zero-order valence-electron chi connectivity index (χ0n) is 25.7. The van der Waals surface area contributed by atoms with Crippen LogP contribution in [0.25, 0.3) is 0 Å². The van der Waals surface area contributed by atoms with Gasteiger partial charge in [-0.05, 0) is 97.7 Å². The molecule has 3 nitrogen and oxygen atoms in total. The van der Waals surface area contributed by atoms with Crippen LogP contribution in [0.5, 0.6) is 0 Å². The second kappa shape index (κ2) is 11.6. The highest BCUT2D eigenvalue weighted by molar-refractivity contribution is 5.66. The summed E-state index contributed by atoms with van der Waals surface area (Å²) in [6.45, 7) is 14.3. The number of esters is 1. The van der Waals surface area contributed by atoms with E-state index in [0.717, 1.165) is 48.3 Å². The van der Waals surface area contributed by atoms with E-state index in [0.29, 0.717) is 17.5 Å². The van der Waals surface area contributed by atoms with E-state index in [-0.39, 0.29) is 17.5 Å². The van der Waals surface area contributed by atoms with Gasteiger partial charge in [-0.25, -0.2) is 0 Å². The van der Waals surface area contributed by atoms with Crippen LogP contribution in [0, 0.1) is 46.3 Å². The van der Waals surface area contributed by atoms with Gasteiger partial charge in [-0.2, -0.15) is 0 Å². The van der Waals surface area contributed by atoms with E-state index in [1.165, 1.54) is 83.5 Å². The molecule has 9 atom stereocenters. The van der Waals surface area contributed by atoms with Gasteiger partial charge in [-0.3, -0.25) is 4.79 Å². The predicted octanol–water partition coefficient (Wildman–Crippen LogP) is 8.86. The molecule has 0 saturated heterocycles. The zero-order chi connectivity index (χ0) is 27.1. The maximum Gasteiger partial charge on any atom is 0.302 e. The van der Waals surface area contributed by atoms with E-state index in [4.69, 9.17) is 4.74 Å². The number of carbonyl (C=O) groups is 1. The first kappa shape index (κ1) is 28.7. The van der Waals surface area contributed by atoms with Crippen LogP contribution in [0.3, 0.4) is 0 Å². The second-order valence-corrected chi connectivity index (χ2v) is 15.4. The van der Waals surface area contributed by atoms with Crippen molar-refractivity contribution in [2.45, 2.75) is 156 Å². The highest BCUT2D eigenvalue weighted by Crippen LogP contribution is 2.67. The predicted molar refractivity (Wildman–Crippen MR) is 158 cm³/mol. The molecule has 5 aliphatic carbocycles. The molecule has 0 spiro atoms. The van der Waals surface area contributed by atoms with Gasteiger partial charge >= 0.3 is 5.97 Å². The molecule has 0 aromatic heterocycles. The Morgan fingerprint density at radius 2 is 1.74 bits per heavy atom. The summed E-state index contributed by atoms with van der Waals surface area (Å²) >= 11 is 0. The molecule has 0 aromatic rings. The molecule has 5 rings (SSSR count). The van der Waals surface area contributed by atoms with Crippen LogP contribution < -0.4 is 5.32 Å². The van der Waals surface area contributed by atoms with Gasteiger partial charge in [0, 0.05) is 25.4 Å². The molecule has 0 bridgehead atoms. The molecule has 0 aliphatic heterocycles. The average Bonchev–Trinajstić information content (AvgIpc) is 3.22. The zero-order valence-corrected chi connectivity index (χ0v) is 25.7. The van der Waals surface area contributed by atoms with Crippen molar-refractivity contribution in [3.63, 3.8) is 0 Å². The molecule has 9 unspecified atom stereocenters. The highest BCUT2D eigenvalue weighted by Gasteiger charge is 2.61. The monoisotopic (exact) mass is 525 g/mol. The fourth-order valence-corrected chi connectivity index (χ4v) is 10.7. The van der Waals surface area contributed by atoms with E-state index in [1.54, 1.807) is 12.5 Å². The quantitative estimate of drug-likeness (QED) is 0.254. The number of rotatable bonds is 8. The number of hydrogen-bond acceptors (Lipinski definition) is 3. The molecule has 3 heteroatoms. The molecule has 38 heavy (non-hydrogen) atoms. The van der Waals surface area contributed by atoms with E-state index in [1.807, 2.05) is 0 Å². The molecule has 1 N–H and O–H groups in total. The molecule has 216 valence electrons. The molecule has 0 amide bonds. The number of carbonyl (C=O) groups excluding carboxylic acids is 1. The smallest absolute Gasteiger partial charge is 0.302 e. The number of ether oxygens (including phenoxy) is 1. The topological polar surface area (TPSA) is 38.3 Å². The Bertz CT molecular complexity index is 858. The maximum atomic E-state index is 11.8. The van der Waals surface area contributed by atoms with Gasteiger partial charge in [0.15, 0.2) is 0 Å². The second-order valence-electron chi connectivity index (χ2n) is 15.4. The minimum absolute atomic E-state index is 0.0788. The molecule has 0 radical (unpaired) electrons. The van der Waals surface area contributed by atoms with Crippen molar-refractivity contribution in [2.24, 2.45) is 46.3 Å². The minimum Gasteiger partial charge on any atom is -0.462 e. The van der Waals surface area contributed by atoms with Crippen LogP contribution in [0.4, 0.5) is 0 Å². The Kier molecular flexibility index (Phi) is 8.74. The lowest BCUT2D eigenvalue weighted by Gasteiger charge is -2.60. The van der Waals surface area contributed by atoms with E-state index in [9.17, 15) is 4.79 Å². The number of fused-ring (bicyclic) bond motifs is 5. The summed E-state index contributed by atoms with van der Waals surface area (Å²) < 4.78 is 5.78. The van der Waals surface area contributed by atoms with E-state index in [2.05, 4.69) is 46.0 Å². The third-order valence-electron chi connectivity index (χ3n) is 12.7. The van der Waals surface area contributed by atoms with Gasteiger partial charge < -0.3 is 10.1 Å². The number of nitrogens with one attached hydrogen (secondary N) is 1. The van der Waals surface area contributed by atoms with Gasteiger partial charge in [0.25, 0.3) is 0 Å². The van der Waals surface area contributed by atoms with Crippen molar-refractivity contribution < 1.29 is 9.53 Å². The van der Waals surface area contributed by atoms with Crippen molar-refractivity contribution in [2.75, 3.05) is 0 Å². The molecule has 4 saturated carbocycles. The van der Waals surface area contributed by atoms with Crippen LogP contribution in [-0.4, -0.2) is 24.2 Å². The normalized spacial score (nSPS) is 42.1. The standard InChI is InChI=1S/C35H59NO2/c1-23(2)11-10-12-24(3)29-15-16-30-33-31(18-20-35(29,30)6)34(5)19-17-28(38-25(4)37)21-26(34)22-32(33)36-27-13-8-7-9-14-27/h22-24,27-33,36H,7-21H2,1-6H3. The molecule has 4 fully saturated rings. The lowest BCUT2D eigenvalue weighted by atomic mass is 9.46. The Morgan fingerprint density at radius 3 is 2.45 bits per heavy atom. The molecular weight excluding hydrogens is 466 g/mol. The van der Waals surface area contributed by atoms with Crippen molar-refractivity contribution in [1.82, 2.24) is 5.32 Å². The molecular formula is C35H59NO2. The summed E-state index contributed by atoms with van der Waals surface area (Å²) in [6.07, 6.45) is 22.8. The average molecular weight is 526 g/mol. The van der Waals surface area contributed by atoms with Crippen molar-refractivity contribution in [3.8, 4) is 0 Å². The van der Waals surface area contributed by atoms with Crippen molar-refractivity contribution in [1.29, 1.82) is 0 Å². The minimum atomic E-state index is -0.113. The summed E-state index contributed by atoms with van der Waals surface area (Å²) in [5, 5.41) is 4.30. The SMILES string of the molecule is CC(=O)OC1CCC2(C)C(=CC(NC3CCCCC3)C3C2CCC2(C)C(C(C)CCCC(C)C)CCC32)C1. The van der Waals surface area contributed by atoms with Gasteiger partial charge in [-0.1, -0.05) is 84.8 Å². The van der Waals surface area contributed by atoms with Crippen LogP contribution in [0.2, 0.25) is 0 Å². The third kappa shape index (κ3) is 5.53. The van der Waals surface area contributed by atoms with Gasteiger partial charge in [0.1, 0.15) is 6.10 Å². The van der Waals surface area contributed by atoms with E-state index >= 15 is 0 Å². The fraction of sp³-hybridized carbons (Fsp3) is 0.914. The highest BCUT2D eigenvalue weighted by atomic mass is 16.5. The first-order valence-electron chi connectivity index (χ1n) is 16.8. The Morgan fingerprint density at radius 1 is 0.974 bits per heavy atom. The number of hydrogen-bond donors (Lipinski definition) is 1. The lowest BCUT2D eigenvalue weighted by Crippen LogP contribution is -2.59. The van der Waals surface area contributed by atoms with Crippen LogP contribution in [-0.2, 0) is 9.53 Å². The first-order valence-corrected chi connectivity index (χ1v) is 16.8. The summed E-state index contributed by atoms with van der Waals surface area (Å²) in [5.41, 5.74) is 2.40. The molecule has 0 aromatic carbocycles. The first-order chi connectivity index (χ1) is 18.1. The van der Waals surface area contributed by atoms with Crippen molar-refractivity contribution in [3.05, 3.63) is 11.6 Å². The summed E-state index contributed by atoms with van der Waals surface area (Å²) in [7, 11) is 0. The van der Waals surface area contributed by atoms with E-state index < -0.39 is 0 Å². The summed E-state index contributed by atoms with van der Waals surface area (Å²) in [6, 6.07) is 1.19. The molecule has 0 heterocycles. The van der Waals surface area contributed by atoms with Crippen molar-refractivity contribution >= 4 is 5.97 Å². The Balaban J connectivity index is 1.41. The van der Waals surface area contributed by atoms with Crippen LogP contribution >= 0.6 is 0 Å². The van der Waals surface area contributed by atoms with Gasteiger partial charge in [0.2, 0.25) is 0 Å². The molecule has 5 aliphatic rings.